The molecule has 4 rings (SSSR count). The number of nitrogens with zero attached hydrogens (tertiary/aromatic N) is 1. The van der Waals surface area contributed by atoms with Crippen molar-refractivity contribution in [3.8, 4) is 0 Å². The minimum absolute atomic E-state index is 0.119. The normalized spacial score (nSPS) is 17.3. The standard InChI is InChI=1S/C27H26FN3O4/c1-17(2)25(32)29-21-13-11-19(12-14-21)24-23(26(33)30-22-10-6-9-20(28)15-22)31(27(34)35-24)16-18-7-4-3-5-8-18/h3-15,17,23-24H,16H2,1-2H3,(H,29,32)(H,30,33). The molecule has 0 aliphatic carbocycles. The first-order valence-corrected chi connectivity index (χ1v) is 11.3. The number of benzene rings is 3. The number of amides is 3. The number of carbonyl (C=O) groups is 3. The Hall–Kier alpha value is -4.20. The van der Waals surface area contributed by atoms with Crippen LogP contribution < -0.4 is 10.6 Å². The predicted octanol–water partition coefficient (Wildman–Crippen LogP) is 5.12. The van der Waals surface area contributed by atoms with Crippen molar-refractivity contribution in [1.29, 1.82) is 0 Å². The van der Waals surface area contributed by atoms with Crippen LogP contribution in [0, 0.1) is 11.7 Å². The molecule has 35 heavy (non-hydrogen) atoms. The van der Waals surface area contributed by atoms with E-state index in [0.29, 0.717) is 11.3 Å². The van der Waals surface area contributed by atoms with Crippen LogP contribution in [0.15, 0.2) is 78.9 Å². The fourth-order valence-electron chi connectivity index (χ4n) is 3.82. The first-order chi connectivity index (χ1) is 16.8. The minimum atomic E-state index is -0.998. The van der Waals surface area contributed by atoms with Crippen LogP contribution in [0.5, 0.6) is 0 Å². The fraction of sp³-hybridized carbons (Fsp3) is 0.222. The van der Waals surface area contributed by atoms with Gasteiger partial charge in [0, 0.05) is 17.3 Å². The summed E-state index contributed by atoms with van der Waals surface area (Å²) in [6.07, 6.45) is -1.52. The van der Waals surface area contributed by atoms with Gasteiger partial charge in [-0.3, -0.25) is 14.5 Å². The van der Waals surface area contributed by atoms with Crippen molar-refractivity contribution in [2.45, 2.75) is 32.5 Å². The van der Waals surface area contributed by atoms with Crippen molar-refractivity contribution in [2.75, 3.05) is 10.6 Å². The van der Waals surface area contributed by atoms with Crippen LogP contribution in [0.2, 0.25) is 0 Å². The van der Waals surface area contributed by atoms with Crippen LogP contribution >= 0.6 is 0 Å². The van der Waals surface area contributed by atoms with E-state index >= 15 is 0 Å². The largest absolute Gasteiger partial charge is 0.438 e. The third kappa shape index (κ3) is 5.66. The maximum atomic E-state index is 13.7. The molecule has 8 heteroatoms. The summed E-state index contributed by atoms with van der Waals surface area (Å²) in [6.45, 7) is 3.76. The molecule has 1 fully saturated rings. The third-order valence-corrected chi connectivity index (χ3v) is 5.67. The van der Waals surface area contributed by atoms with Gasteiger partial charge in [-0.05, 0) is 41.5 Å². The van der Waals surface area contributed by atoms with E-state index in [0.717, 1.165) is 5.56 Å². The summed E-state index contributed by atoms with van der Waals surface area (Å²) in [5.74, 6) is -1.28. The molecule has 3 aromatic carbocycles. The van der Waals surface area contributed by atoms with Gasteiger partial charge in [-0.2, -0.15) is 0 Å². The Kier molecular flexibility index (Phi) is 7.10. The number of halogens is 1. The summed E-state index contributed by atoms with van der Waals surface area (Å²) in [6, 6.07) is 20.6. The van der Waals surface area contributed by atoms with Crippen molar-refractivity contribution in [1.82, 2.24) is 4.90 Å². The molecule has 3 aromatic rings. The summed E-state index contributed by atoms with van der Waals surface area (Å²) in [5, 5.41) is 5.51. The lowest BCUT2D eigenvalue weighted by molar-refractivity contribution is -0.121. The highest BCUT2D eigenvalue weighted by Crippen LogP contribution is 2.35. The molecule has 0 bridgehead atoms. The molecule has 2 N–H and O–H groups in total. The Morgan fingerprint density at radius 1 is 0.943 bits per heavy atom. The van der Waals surface area contributed by atoms with Crippen molar-refractivity contribution in [2.24, 2.45) is 5.92 Å². The van der Waals surface area contributed by atoms with Gasteiger partial charge >= 0.3 is 6.09 Å². The number of ether oxygens (including phenoxy) is 1. The average molecular weight is 476 g/mol. The van der Waals surface area contributed by atoms with Gasteiger partial charge in [-0.15, -0.1) is 0 Å². The van der Waals surface area contributed by atoms with Gasteiger partial charge in [-0.25, -0.2) is 9.18 Å². The molecule has 2 unspecified atom stereocenters. The Labute approximate surface area is 202 Å². The summed E-state index contributed by atoms with van der Waals surface area (Å²) in [7, 11) is 0. The number of cyclic esters (lactones) is 1. The molecule has 3 amide bonds. The van der Waals surface area contributed by atoms with Crippen LogP contribution in [0.4, 0.5) is 20.6 Å². The fourth-order valence-corrected chi connectivity index (χ4v) is 3.82. The van der Waals surface area contributed by atoms with E-state index in [4.69, 9.17) is 4.74 Å². The molecule has 2 atom stereocenters. The SMILES string of the molecule is CC(C)C(=O)Nc1ccc(C2OC(=O)N(Cc3ccccc3)C2C(=O)Nc2cccc(F)c2)cc1. The average Bonchev–Trinajstić information content (AvgIpc) is 3.16. The van der Waals surface area contributed by atoms with Crippen LogP contribution in [-0.2, 0) is 20.9 Å². The topological polar surface area (TPSA) is 87.7 Å². The first-order valence-electron chi connectivity index (χ1n) is 11.3. The van der Waals surface area contributed by atoms with Gasteiger partial charge in [0.15, 0.2) is 12.1 Å². The molecular formula is C27H26FN3O4. The number of nitrogens with one attached hydrogen (secondary N) is 2. The number of hydrogen-bond acceptors (Lipinski definition) is 4. The zero-order chi connectivity index (χ0) is 24.9. The second-order valence-corrected chi connectivity index (χ2v) is 8.63. The second kappa shape index (κ2) is 10.4. The highest BCUT2D eigenvalue weighted by Gasteiger charge is 2.47. The molecule has 1 heterocycles. The maximum absolute atomic E-state index is 13.7. The summed E-state index contributed by atoms with van der Waals surface area (Å²) in [4.78, 5) is 39.6. The Balaban J connectivity index is 1.62. The van der Waals surface area contributed by atoms with E-state index in [1.807, 2.05) is 30.3 Å². The summed E-state index contributed by atoms with van der Waals surface area (Å²) >= 11 is 0. The monoisotopic (exact) mass is 475 g/mol. The van der Waals surface area contributed by atoms with E-state index in [9.17, 15) is 18.8 Å². The van der Waals surface area contributed by atoms with E-state index in [1.54, 1.807) is 44.2 Å². The molecule has 0 saturated carbocycles. The number of hydrogen-bond donors (Lipinski definition) is 2. The van der Waals surface area contributed by atoms with E-state index in [2.05, 4.69) is 10.6 Å². The lowest BCUT2D eigenvalue weighted by Gasteiger charge is -2.24. The van der Waals surface area contributed by atoms with Gasteiger partial charge < -0.3 is 15.4 Å². The van der Waals surface area contributed by atoms with Crippen LogP contribution in [0.25, 0.3) is 0 Å². The zero-order valence-corrected chi connectivity index (χ0v) is 19.4. The number of anilines is 2. The van der Waals surface area contributed by atoms with Crippen molar-refractivity contribution in [3.63, 3.8) is 0 Å². The lowest BCUT2D eigenvalue weighted by Crippen LogP contribution is -2.43. The number of rotatable bonds is 7. The van der Waals surface area contributed by atoms with Crippen LogP contribution in [0.3, 0.4) is 0 Å². The smallest absolute Gasteiger partial charge is 0.411 e. The lowest BCUT2D eigenvalue weighted by atomic mass is 10.00. The molecule has 1 aliphatic heterocycles. The molecule has 180 valence electrons. The molecule has 0 spiro atoms. The van der Waals surface area contributed by atoms with Gasteiger partial charge in [0.25, 0.3) is 5.91 Å². The molecule has 7 nitrogen and oxygen atoms in total. The number of carbonyl (C=O) groups excluding carboxylic acids is 3. The van der Waals surface area contributed by atoms with Crippen molar-refractivity contribution < 1.29 is 23.5 Å². The Morgan fingerprint density at radius 3 is 2.31 bits per heavy atom. The van der Waals surface area contributed by atoms with E-state index in [1.165, 1.54) is 23.1 Å². The van der Waals surface area contributed by atoms with Crippen LogP contribution in [0.1, 0.15) is 31.1 Å². The van der Waals surface area contributed by atoms with E-state index < -0.39 is 30.0 Å². The van der Waals surface area contributed by atoms with Gasteiger partial charge in [0.1, 0.15) is 5.82 Å². The molecule has 0 radical (unpaired) electrons. The molecular weight excluding hydrogens is 449 g/mol. The quantitative estimate of drug-likeness (QED) is 0.497. The predicted molar refractivity (Wildman–Crippen MR) is 130 cm³/mol. The maximum Gasteiger partial charge on any atom is 0.411 e. The summed E-state index contributed by atoms with van der Waals surface area (Å²) < 4.78 is 19.3. The van der Waals surface area contributed by atoms with Gasteiger partial charge in [-0.1, -0.05) is 62.4 Å². The van der Waals surface area contributed by atoms with Gasteiger partial charge in [0.2, 0.25) is 5.91 Å². The molecule has 0 aromatic heterocycles. The Morgan fingerprint density at radius 2 is 1.66 bits per heavy atom. The van der Waals surface area contributed by atoms with Crippen LogP contribution in [-0.4, -0.2) is 28.8 Å². The highest BCUT2D eigenvalue weighted by molar-refractivity contribution is 5.98. The molecule has 1 saturated heterocycles. The van der Waals surface area contributed by atoms with Crippen molar-refractivity contribution >= 4 is 29.3 Å². The second-order valence-electron chi connectivity index (χ2n) is 8.63. The van der Waals surface area contributed by atoms with Gasteiger partial charge in [0.05, 0.1) is 6.54 Å². The minimum Gasteiger partial charge on any atom is -0.438 e. The highest BCUT2D eigenvalue weighted by atomic mass is 19.1. The Bertz CT molecular complexity index is 1210. The summed E-state index contributed by atoms with van der Waals surface area (Å²) in [5.41, 5.74) is 2.30. The zero-order valence-electron chi connectivity index (χ0n) is 19.4. The molecule has 1 aliphatic rings. The third-order valence-electron chi connectivity index (χ3n) is 5.67. The van der Waals surface area contributed by atoms with E-state index in [-0.39, 0.29) is 24.1 Å². The first kappa shape index (κ1) is 23.9. The van der Waals surface area contributed by atoms with Crippen molar-refractivity contribution in [3.05, 3.63) is 95.8 Å².